The van der Waals surface area contributed by atoms with Crippen LogP contribution < -0.4 is 0 Å². The maximum atomic E-state index is 4.12. The standard InChI is InChI=1S/C11H20/c1-9(2)10(3)8-11-6-4-5-7-11/h9,11H,3-8H2,1-2H3. The van der Waals surface area contributed by atoms with E-state index in [-0.39, 0.29) is 0 Å². The van der Waals surface area contributed by atoms with Gasteiger partial charge < -0.3 is 0 Å². The second-order valence-electron chi connectivity index (χ2n) is 4.17. The third kappa shape index (κ3) is 2.69. The van der Waals surface area contributed by atoms with Crippen LogP contribution in [0.4, 0.5) is 0 Å². The minimum absolute atomic E-state index is 0.690. The van der Waals surface area contributed by atoms with Crippen LogP contribution in [0.15, 0.2) is 12.2 Å². The molecule has 0 heterocycles. The van der Waals surface area contributed by atoms with Gasteiger partial charge in [0, 0.05) is 0 Å². The summed E-state index contributed by atoms with van der Waals surface area (Å²) in [6, 6.07) is 0. The van der Waals surface area contributed by atoms with E-state index in [4.69, 9.17) is 0 Å². The third-order valence-corrected chi connectivity index (χ3v) is 2.84. The summed E-state index contributed by atoms with van der Waals surface area (Å²) in [7, 11) is 0. The van der Waals surface area contributed by atoms with E-state index in [2.05, 4.69) is 20.4 Å². The monoisotopic (exact) mass is 152 g/mol. The summed E-state index contributed by atoms with van der Waals surface area (Å²) >= 11 is 0. The van der Waals surface area contributed by atoms with Crippen molar-refractivity contribution in [3.8, 4) is 0 Å². The van der Waals surface area contributed by atoms with Crippen molar-refractivity contribution in [1.29, 1.82) is 0 Å². The highest BCUT2D eigenvalue weighted by Gasteiger charge is 2.16. The Bertz CT molecular complexity index is 127. The third-order valence-electron chi connectivity index (χ3n) is 2.84. The summed E-state index contributed by atoms with van der Waals surface area (Å²) in [5, 5.41) is 0. The van der Waals surface area contributed by atoms with Crippen LogP contribution in [0.2, 0.25) is 0 Å². The molecule has 0 N–H and O–H groups in total. The van der Waals surface area contributed by atoms with Crippen molar-refractivity contribution in [2.45, 2.75) is 46.0 Å². The van der Waals surface area contributed by atoms with Crippen molar-refractivity contribution in [3.05, 3.63) is 12.2 Å². The van der Waals surface area contributed by atoms with Crippen molar-refractivity contribution in [3.63, 3.8) is 0 Å². The van der Waals surface area contributed by atoms with Gasteiger partial charge in [-0.05, 0) is 18.3 Å². The van der Waals surface area contributed by atoms with Gasteiger partial charge in [-0.1, -0.05) is 51.7 Å². The Hall–Kier alpha value is -0.260. The van der Waals surface area contributed by atoms with Gasteiger partial charge >= 0.3 is 0 Å². The fourth-order valence-electron chi connectivity index (χ4n) is 1.82. The molecule has 11 heavy (non-hydrogen) atoms. The van der Waals surface area contributed by atoms with Gasteiger partial charge in [-0.15, -0.1) is 0 Å². The maximum absolute atomic E-state index is 4.12. The Kier molecular flexibility index (Phi) is 3.16. The van der Waals surface area contributed by atoms with Crippen molar-refractivity contribution in [2.75, 3.05) is 0 Å². The zero-order chi connectivity index (χ0) is 8.27. The zero-order valence-corrected chi connectivity index (χ0v) is 7.90. The molecule has 1 fully saturated rings. The minimum atomic E-state index is 0.690. The zero-order valence-electron chi connectivity index (χ0n) is 7.90. The first kappa shape index (κ1) is 8.83. The molecule has 0 aromatic heterocycles. The SMILES string of the molecule is C=C(CC1CCCC1)C(C)C. The Morgan fingerprint density at radius 2 is 1.91 bits per heavy atom. The van der Waals surface area contributed by atoms with Crippen LogP contribution in [0.3, 0.4) is 0 Å². The van der Waals surface area contributed by atoms with Crippen LogP contribution in [0.1, 0.15) is 46.0 Å². The van der Waals surface area contributed by atoms with Crippen LogP contribution in [0.5, 0.6) is 0 Å². The van der Waals surface area contributed by atoms with Crippen LogP contribution in [0, 0.1) is 11.8 Å². The molecule has 0 bridgehead atoms. The Balaban J connectivity index is 2.24. The lowest BCUT2D eigenvalue weighted by Gasteiger charge is -2.13. The predicted molar refractivity (Wildman–Crippen MR) is 50.6 cm³/mol. The van der Waals surface area contributed by atoms with E-state index >= 15 is 0 Å². The van der Waals surface area contributed by atoms with Crippen molar-refractivity contribution >= 4 is 0 Å². The predicted octanol–water partition coefficient (Wildman–Crippen LogP) is 3.78. The van der Waals surface area contributed by atoms with E-state index in [0.29, 0.717) is 5.92 Å². The summed E-state index contributed by atoms with van der Waals surface area (Å²) in [5.41, 5.74) is 1.46. The molecule has 0 spiro atoms. The van der Waals surface area contributed by atoms with E-state index in [1.807, 2.05) is 0 Å². The molecule has 0 saturated heterocycles. The average Bonchev–Trinajstić information content (AvgIpc) is 2.39. The number of hydrogen-bond acceptors (Lipinski definition) is 0. The van der Waals surface area contributed by atoms with Gasteiger partial charge in [0.1, 0.15) is 0 Å². The van der Waals surface area contributed by atoms with E-state index in [9.17, 15) is 0 Å². The molecule has 1 rings (SSSR count). The van der Waals surface area contributed by atoms with Crippen LogP contribution in [0.25, 0.3) is 0 Å². The summed E-state index contributed by atoms with van der Waals surface area (Å²) in [4.78, 5) is 0. The van der Waals surface area contributed by atoms with Gasteiger partial charge in [-0.25, -0.2) is 0 Å². The van der Waals surface area contributed by atoms with Crippen LogP contribution in [-0.2, 0) is 0 Å². The van der Waals surface area contributed by atoms with Crippen molar-refractivity contribution in [2.24, 2.45) is 11.8 Å². The number of rotatable bonds is 3. The highest BCUT2D eigenvalue weighted by molar-refractivity contribution is 4.99. The van der Waals surface area contributed by atoms with Crippen molar-refractivity contribution in [1.82, 2.24) is 0 Å². The summed E-state index contributed by atoms with van der Waals surface area (Å²) < 4.78 is 0. The number of allylic oxidation sites excluding steroid dienone is 1. The Morgan fingerprint density at radius 3 is 2.36 bits per heavy atom. The molecule has 1 saturated carbocycles. The molecule has 0 amide bonds. The second kappa shape index (κ2) is 3.94. The molecular formula is C11H20. The first-order chi connectivity index (χ1) is 5.20. The molecule has 1 aliphatic rings. The van der Waals surface area contributed by atoms with Gasteiger partial charge in [-0.3, -0.25) is 0 Å². The van der Waals surface area contributed by atoms with Crippen LogP contribution >= 0.6 is 0 Å². The molecular weight excluding hydrogens is 132 g/mol. The van der Waals surface area contributed by atoms with E-state index in [1.54, 1.807) is 0 Å². The second-order valence-corrected chi connectivity index (χ2v) is 4.17. The van der Waals surface area contributed by atoms with Crippen LogP contribution in [-0.4, -0.2) is 0 Å². The lowest BCUT2D eigenvalue weighted by molar-refractivity contribution is 0.516. The average molecular weight is 152 g/mol. The van der Waals surface area contributed by atoms with E-state index in [0.717, 1.165) is 5.92 Å². The fraction of sp³-hybridized carbons (Fsp3) is 0.818. The topological polar surface area (TPSA) is 0 Å². The molecule has 0 unspecified atom stereocenters. The van der Waals surface area contributed by atoms with Gasteiger partial charge in [-0.2, -0.15) is 0 Å². The molecule has 0 aromatic rings. The molecule has 0 radical (unpaired) electrons. The van der Waals surface area contributed by atoms with E-state index < -0.39 is 0 Å². The molecule has 0 aromatic carbocycles. The minimum Gasteiger partial charge on any atom is -0.0996 e. The summed E-state index contributed by atoms with van der Waals surface area (Å²) in [6.07, 6.45) is 7.10. The Morgan fingerprint density at radius 1 is 1.36 bits per heavy atom. The molecule has 1 aliphatic carbocycles. The normalized spacial score (nSPS) is 19.5. The van der Waals surface area contributed by atoms with Gasteiger partial charge in [0.2, 0.25) is 0 Å². The molecule has 0 nitrogen and oxygen atoms in total. The summed E-state index contributed by atoms with van der Waals surface area (Å²) in [5.74, 6) is 1.67. The molecule has 0 aliphatic heterocycles. The Labute approximate surface area is 70.7 Å². The largest absolute Gasteiger partial charge is 0.0996 e. The van der Waals surface area contributed by atoms with E-state index in [1.165, 1.54) is 37.7 Å². The first-order valence-corrected chi connectivity index (χ1v) is 4.88. The van der Waals surface area contributed by atoms with Crippen molar-refractivity contribution < 1.29 is 0 Å². The van der Waals surface area contributed by atoms with Gasteiger partial charge in [0.05, 0.1) is 0 Å². The number of hydrogen-bond donors (Lipinski definition) is 0. The van der Waals surface area contributed by atoms with Gasteiger partial charge in [0.15, 0.2) is 0 Å². The highest BCUT2D eigenvalue weighted by Crippen LogP contribution is 2.31. The molecule has 0 atom stereocenters. The fourth-order valence-corrected chi connectivity index (χ4v) is 1.82. The first-order valence-electron chi connectivity index (χ1n) is 4.88. The van der Waals surface area contributed by atoms with Gasteiger partial charge in [0.25, 0.3) is 0 Å². The quantitative estimate of drug-likeness (QED) is 0.540. The smallest absolute Gasteiger partial charge is 0.0263 e. The molecule has 64 valence electrons. The lowest BCUT2D eigenvalue weighted by atomic mass is 9.92. The molecule has 0 heteroatoms. The maximum Gasteiger partial charge on any atom is -0.0263 e. The lowest BCUT2D eigenvalue weighted by Crippen LogP contribution is -1.99. The highest BCUT2D eigenvalue weighted by atomic mass is 14.2. The summed E-state index contributed by atoms with van der Waals surface area (Å²) in [6.45, 7) is 8.61.